The lowest BCUT2D eigenvalue weighted by atomic mass is 9.77. The molecule has 2 heterocycles. The second-order valence-corrected chi connectivity index (χ2v) is 8.96. The molecule has 1 aliphatic carbocycles. The zero-order valence-electron chi connectivity index (χ0n) is 18.7. The van der Waals surface area contributed by atoms with Crippen molar-refractivity contribution in [2.75, 3.05) is 38.5 Å². The lowest BCUT2D eigenvalue weighted by Gasteiger charge is -2.38. The minimum absolute atomic E-state index is 0.00697. The number of fused-ring (bicyclic) bond motifs is 1. The van der Waals surface area contributed by atoms with E-state index < -0.39 is 5.97 Å². The van der Waals surface area contributed by atoms with Gasteiger partial charge in [0.1, 0.15) is 5.82 Å². The highest BCUT2D eigenvalue weighted by molar-refractivity contribution is 5.91. The number of benzene rings is 1. The molecule has 9 nitrogen and oxygen atoms in total. The molecule has 33 heavy (non-hydrogen) atoms. The van der Waals surface area contributed by atoms with E-state index in [2.05, 4.69) is 10.3 Å². The van der Waals surface area contributed by atoms with Crippen LogP contribution in [0.2, 0.25) is 0 Å². The first kappa shape index (κ1) is 23.0. The van der Waals surface area contributed by atoms with E-state index in [0.29, 0.717) is 51.4 Å². The Hall–Kier alpha value is -3.20. The van der Waals surface area contributed by atoms with Gasteiger partial charge in [-0.1, -0.05) is 25.0 Å². The van der Waals surface area contributed by atoms with Crippen LogP contribution in [0.25, 0.3) is 10.8 Å². The number of aliphatic carboxylic acids is 1. The number of nitrogens with zero attached hydrogens (tertiary/aromatic N) is 3. The largest absolute Gasteiger partial charge is 0.480 e. The molecule has 1 aliphatic heterocycles. The number of nitrogen functional groups attached to an aromatic ring is 1. The lowest BCUT2D eigenvalue weighted by Crippen LogP contribution is -2.53. The Morgan fingerprint density at radius 2 is 1.79 bits per heavy atom. The molecule has 4 rings (SSSR count). The minimum Gasteiger partial charge on any atom is -0.480 e. The highest BCUT2D eigenvalue weighted by Gasteiger charge is 2.38. The predicted octanol–water partition coefficient (Wildman–Crippen LogP) is 1.47. The van der Waals surface area contributed by atoms with Crippen LogP contribution in [0.3, 0.4) is 0 Å². The molecule has 4 N–H and O–H groups in total. The zero-order valence-corrected chi connectivity index (χ0v) is 18.7. The molecule has 2 aliphatic rings. The average Bonchev–Trinajstić information content (AvgIpc) is 2.82. The van der Waals surface area contributed by atoms with Crippen LogP contribution < -0.4 is 11.1 Å². The van der Waals surface area contributed by atoms with E-state index in [1.807, 2.05) is 29.2 Å². The second-order valence-electron chi connectivity index (χ2n) is 8.96. The van der Waals surface area contributed by atoms with E-state index in [0.717, 1.165) is 29.2 Å². The molecular weight excluding hydrogens is 422 g/mol. The molecule has 0 radical (unpaired) electrons. The Kier molecular flexibility index (Phi) is 7.08. The van der Waals surface area contributed by atoms with E-state index in [-0.39, 0.29) is 30.2 Å². The molecule has 1 aromatic carbocycles. The average molecular weight is 454 g/mol. The van der Waals surface area contributed by atoms with E-state index in [1.54, 1.807) is 11.1 Å². The Bertz CT molecular complexity index is 1030. The van der Waals surface area contributed by atoms with Crippen molar-refractivity contribution in [3.63, 3.8) is 0 Å². The fraction of sp³-hybridized carbons (Fsp3) is 0.500. The van der Waals surface area contributed by atoms with Gasteiger partial charge in [0, 0.05) is 56.1 Å². The van der Waals surface area contributed by atoms with Gasteiger partial charge in [-0.3, -0.25) is 19.3 Å². The van der Waals surface area contributed by atoms with Gasteiger partial charge in [0.05, 0.1) is 6.54 Å². The SMILES string of the molecule is Nc1nccc2ccc(CNC(=O)C3CCCCC3C(=O)N3CCN(CC(=O)O)CC3)cc12. The fourth-order valence-electron chi connectivity index (χ4n) is 4.96. The lowest BCUT2D eigenvalue weighted by molar-refractivity contribution is -0.146. The number of pyridine rings is 1. The van der Waals surface area contributed by atoms with Gasteiger partial charge in [0.15, 0.2) is 0 Å². The smallest absolute Gasteiger partial charge is 0.317 e. The van der Waals surface area contributed by atoms with Crippen LogP contribution in [0.4, 0.5) is 5.82 Å². The Labute approximate surface area is 192 Å². The summed E-state index contributed by atoms with van der Waals surface area (Å²) < 4.78 is 0. The number of anilines is 1. The molecular formula is C24H31N5O4. The predicted molar refractivity (Wildman–Crippen MR) is 124 cm³/mol. The third-order valence-electron chi connectivity index (χ3n) is 6.79. The van der Waals surface area contributed by atoms with Crippen LogP contribution in [-0.4, -0.2) is 70.4 Å². The molecule has 2 atom stereocenters. The zero-order chi connectivity index (χ0) is 23.4. The number of hydrogen-bond donors (Lipinski definition) is 3. The monoisotopic (exact) mass is 453 g/mol. The number of rotatable bonds is 6. The number of carbonyl (C=O) groups excluding carboxylic acids is 2. The van der Waals surface area contributed by atoms with Gasteiger partial charge in [0.25, 0.3) is 0 Å². The summed E-state index contributed by atoms with van der Waals surface area (Å²) in [4.78, 5) is 45.0. The Morgan fingerprint density at radius 1 is 1.06 bits per heavy atom. The maximum Gasteiger partial charge on any atom is 0.317 e. The van der Waals surface area contributed by atoms with Crippen molar-refractivity contribution in [1.82, 2.24) is 20.1 Å². The highest BCUT2D eigenvalue weighted by atomic mass is 16.4. The van der Waals surface area contributed by atoms with Crippen molar-refractivity contribution in [3.05, 3.63) is 36.0 Å². The van der Waals surface area contributed by atoms with Crippen LogP contribution in [0.5, 0.6) is 0 Å². The number of amides is 2. The summed E-state index contributed by atoms with van der Waals surface area (Å²) in [6.45, 7) is 2.46. The van der Waals surface area contributed by atoms with Crippen molar-refractivity contribution in [1.29, 1.82) is 0 Å². The number of carboxylic acids is 1. The summed E-state index contributed by atoms with van der Waals surface area (Å²) in [5.74, 6) is -1.12. The molecule has 1 saturated carbocycles. The molecule has 2 fully saturated rings. The first-order valence-electron chi connectivity index (χ1n) is 11.6. The van der Waals surface area contributed by atoms with Gasteiger partial charge in [-0.15, -0.1) is 0 Å². The normalized spacial score (nSPS) is 21.6. The van der Waals surface area contributed by atoms with E-state index >= 15 is 0 Å². The number of piperazine rings is 1. The maximum absolute atomic E-state index is 13.2. The van der Waals surface area contributed by atoms with Crippen LogP contribution in [0.1, 0.15) is 31.2 Å². The number of hydrogen-bond acceptors (Lipinski definition) is 6. The van der Waals surface area contributed by atoms with Crippen molar-refractivity contribution < 1.29 is 19.5 Å². The molecule has 0 bridgehead atoms. The molecule has 9 heteroatoms. The van der Waals surface area contributed by atoms with Crippen molar-refractivity contribution in [3.8, 4) is 0 Å². The summed E-state index contributed by atoms with van der Waals surface area (Å²) in [6.07, 6.45) is 4.97. The van der Waals surface area contributed by atoms with Gasteiger partial charge >= 0.3 is 5.97 Å². The molecule has 1 saturated heterocycles. The summed E-state index contributed by atoms with van der Waals surface area (Å²) in [7, 11) is 0. The molecule has 0 spiro atoms. The fourth-order valence-corrected chi connectivity index (χ4v) is 4.96. The Balaban J connectivity index is 1.37. The number of carboxylic acid groups (broad SMARTS) is 1. The second kappa shape index (κ2) is 10.2. The first-order valence-corrected chi connectivity index (χ1v) is 11.6. The van der Waals surface area contributed by atoms with Gasteiger partial charge in [-0.2, -0.15) is 0 Å². The molecule has 1 aromatic heterocycles. The molecule has 2 unspecified atom stereocenters. The minimum atomic E-state index is -0.857. The quantitative estimate of drug-likeness (QED) is 0.604. The van der Waals surface area contributed by atoms with Crippen molar-refractivity contribution in [2.24, 2.45) is 11.8 Å². The van der Waals surface area contributed by atoms with Gasteiger partial charge in [0.2, 0.25) is 11.8 Å². The van der Waals surface area contributed by atoms with Gasteiger partial charge < -0.3 is 21.1 Å². The van der Waals surface area contributed by atoms with Crippen LogP contribution >= 0.6 is 0 Å². The summed E-state index contributed by atoms with van der Waals surface area (Å²) in [5.41, 5.74) is 6.91. The number of nitrogens with one attached hydrogen (secondary N) is 1. The van der Waals surface area contributed by atoms with E-state index in [1.165, 1.54) is 0 Å². The molecule has 2 amide bonds. The van der Waals surface area contributed by atoms with Crippen LogP contribution in [0.15, 0.2) is 30.5 Å². The molecule has 2 aromatic rings. The van der Waals surface area contributed by atoms with Gasteiger partial charge in [-0.25, -0.2) is 4.98 Å². The highest BCUT2D eigenvalue weighted by Crippen LogP contribution is 2.32. The summed E-state index contributed by atoms with van der Waals surface area (Å²) in [5, 5.41) is 13.8. The van der Waals surface area contributed by atoms with Crippen LogP contribution in [0, 0.1) is 11.8 Å². The van der Waals surface area contributed by atoms with E-state index in [9.17, 15) is 14.4 Å². The van der Waals surface area contributed by atoms with Crippen molar-refractivity contribution >= 4 is 34.4 Å². The standard InChI is InChI=1S/C24H31N5O4/c25-22-20-13-16(5-6-17(20)7-8-26-22)14-27-23(32)18-3-1-2-4-19(18)24(33)29-11-9-28(10-12-29)15-21(30)31/h5-8,13,18-19H,1-4,9-12,14-15H2,(H2,25,26)(H,27,32)(H,30,31). The number of aromatic nitrogens is 1. The maximum atomic E-state index is 13.2. The third kappa shape index (κ3) is 5.42. The Morgan fingerprint density at radius 3 is 2.52 bits per heavy atom. The van der Waals surface area contributed by atoms with Gasteiger partial charge in [-0.05, 0) is 35.9 Å². The van der Waals surface area contributed by atoms with E-state index in [4.69, 9.17) is 10.8 Å². The number of carbonyl (C=O) groups is 3. The topological polar surface area (TPSA) is 129 Å². The summed E-state index contributed by atoms with van der Waals surface area (Å²) >= 11 is 0. The summed E-state index contributed by atoms with van der Waals surface area (Å²) in [6, 6.07) is 7.76. The molecule has 176 valence electrons. The first-order chi connectivity index (χ1) is 15.9. The third-order valence-corrected chi connectivity index (χ3v) is 6.79. The van der Waals surface area contributed by atoms with Crippen molar-refractivity contribution in [2.45, 2.75) is 32.2 Å². The number of nitrogens with two attached hydrogens (primary N) is 1. The van der Waals surface area contributed by atoms with Crippen LogP contribution in [-0.2, 0) is 20.9 Å².